The maximum absolute atomic E-state index is 11.9. The second-order valence-corrected chi connectivity index (χ2v) is 6.78. The van der Waals surface area contributed by atoms with Gasteiger partial charge in [-0.25, -0.2) is 17.7 Å². The van der Waals surface area contributed by atoms with Crippen LogP contribution in [-0.2, 0) is 9.84 Å². The third-order valence-corrected chi connectivity index (χ3v) is 5.39. The largest absolute Gasteiger partial charge is 0.417 e. The van der Waals surface area contributed by atoms with E-state index in [1.807, 2.05) is 0 Å². The zero-order valence-corrected chi connectivity index (χ0v) is 10.2. The molecule has 0 saturated carbocycles. The van der Waals surface area contributed by atoms with E-state index in [1.165, 1.54) is 0 Å². The Hall–Kier alpha value is -0.700. The molecule has 2 fully saturated rings. The summed E-state index contributed by atoms with van der Waals surface area (Å²) in [4.78, 5) is 11.9. The number of hydrogen-bond donors (Lipinski definition) is 3. The van der Waals surface area contributed by atoms with Gasteiger partial charge >= 0.3 is 6.03 Å². The van der Waals surface area contributed by atoms with Crippen molar-refractivity contribution >= 4 is 15.9 Å². The van der Waals surface area contributed by atoms with Gasteiger partial charge in [0.1, 0.15) is 30.9 Å². The molecule has 7 nitrogen and oxygen atoms in total. The van der Waals surface area contributed by atoms with Gasteiger partial charge in [0.05, 0.1) is 19.0 Å². The van der Waals surface area contributed by atoms with E-state index in [4.69, 9.17) is 10.2 Å². The van der Waals surface area contributed by atoms with Crippen LogP contribution in [0, 0.1) is 0 Å². The van der Waals surface area contributed by atoms with Gasteiger partial charge in [-0.15, -0.1) is 0 Å². The standard InChI is InChI=1S/C9H16N2O5S/c12-3-1-11(2-4-13)8-6-17(15,16)5-7(8)10-9(11)14/h7-8,12-13H,1-6H2/p+1. The molecule has 3 N–H and O–H groups in total. The molecular formula is C9H17N2O5S+. The molecule has 0 aromatic heterocycles. The topological polar surface area (TPSA) is 104 Å². The first kappa shape index (κ1) is 12.7. The first-order valence-electron chi connectivity index (χ1n) is 5.55. The van der Waals surface area contributed by atoms with Crippen LogP contribution >= 0.6 is 0 Å². The first-order chi connectivity index (χ1) is 7.95. The average Bonchev–Trinajstić information content (AvgIpc) is 2.63. The molecule has 2 unspecified atom stereocenters. The highest BCUT2D eigenvalue weighted by Crippen LogP contribution is 2.30. The lowest BCUT2D eigenvalue weighted by atomic mass is 10.1. The molecule has 0 aromatic carbocycles. The minimum atomic E-state index is -3.13. The van der Waals surface area contributed by atoms with Crippen LogP contribution in [0.5, 0.6) is 0 Å². The summed E-state index contributed by atoms with van der Waals surface area (Å²) in [6.45, 7) is -0.139. The van der Waals surface area contributed by atoms with Gasteiger partial charge in [0.25, 0.3) is 0 Å². The maximum atomic E-state index is 11.9. The molecule has 2 heterocycles. The fraction of sp³-hybridized carbons (Fsp3) is 0.889. The summed E-state index contributed by atoms with van der Waals surface area (Å²) in [5.41, 5.74) is 0. The van der Waals surface area contributed by atoms with Crippen LogP contribution in [0.1, 0.15) is 0 Å². The second-order valence-electron chi connectivity index (χ2n) is 4.63. The summed E-state index contributed by atoms with van der Waals surface area (Å²) in [7, 11) is -3.13. The number of carbonyl (C=O) groups excluding carboxylic acids is 1. The van der Waals surface area contributed by atoms with Gasteiger partial charge < -0.3 is 10.2 Å². The molecule has 0 spiro atoms. The molecule has 17 heavy (non-hydrogen) atoms. The summed E-state index contributed by atoms with van der Waals surface area (Å²) in [6.07, 6.45) is 0. The van der Waals surface area contributed by atoms with Crippen molar-refractivity contribution in [1.82, 2.24) is 5.32 Å². The van der Waals surface area contributed by atoms with Gasteiger partial charge in [-0.05, 0) is 0 Å². The van der Waals surface area contributed by atoms with Gasteiger partial charge in [0.15, 0.2) is 9.84 Å². The van der Waals surface area contributed by atoms with Crippen molar-refractivity contribution in [3.05, 3.63) is 0 Å². The molecule has 2 saturated heterocycles. The van der Waals surface area contributed by atoms with Crippen molar-refractivity contribution in [2.24, 2.45) is 0 Å². The predicted octanol–water partition coefficient (Wildman–Crippen LogP) is -2.32. The number of fused-ring (bicyclic) bond motifs is 1. The Balaban J connectivity index is 2.33. The van der Waals surface area contributed by atoms with Gasteiger partial charge in [-0.1, -0.05) is 0 Å². The maximum Gasteiger partial charge on any atom is 0.417 e. The number of urea groups is 1. The third-order valence-electron chi connectivity index (χ3n) is 3.67. The number of quaternary nitrogens is 1. The van der Waals surface area contributed by atoms with Crippen LogP contribution in [0.15, 0.2) is 0 Å². The molecule has 0 bridgehead atoms. The van der Waals surface area contributed by atoms with Crippen molar-refractivity contribution in [1.29, 1.82) is 0 Å². The number of nitrogens with zero attached hydrogens (tertiary/aromatic N) is 1. The van der Waals surface area contributed by atoms with Crippen LogP contribution in [0.4, 0.5) is 4.79 Å². The molecule has 2 aliphatic rings. The number of amides is 2. The van der Waals surface area contributed by atoms with Crippen molar-refractivity contribution in [3.8, 4) is 0 Å². The smallest absolute Gasteiger partial charge is 0.390 e. The van der Waals surface area contributed by atoms with Crippen LogP contribution in [0.25, 0.3) is 0 Å². The summed E-state index contributed by atoms with van der Waals surface area (Å²) in [6, 6.07) is -1.06. The average molecular weight is 265 g/mol. The fourth-order valence-electron chi connectivity index (χ4n) is 2.90. The van der Waals surface area contributed by atoms with Gasteiger partial charge in [0, 0.05) is 0 Å². The van der Waals surface area contributed by atoms with Crippen LogP contribution in [-0.4, -0.2) is 79.0 Å². The molecule has 8 heteroatoms. The van der Waals surface area contributed by atoms with E-state index in [0.717, 1.165) is 0 Å². The Labute approximate surface area is 99.5 Å². The molecule has 2 atom stereocenters. The minimum Gasteiger partial charge on any atom is -0.390 e. The SMILES string of the molecule is O=C1NC2CS(=O)(=O)CC2[N+]1(CCO)CCO. The zero-order chi connectivity index (χ0) is 12.7. The van der Waals surface area contributed by atoms with Crippen molar-refractivity contribution in [2.75, 3.05) is 37.8 Å². The van der Waals surface area contributed by atoms with E-state index in [2.05, 4.69) is 5.32 Å². The van der Waals surface area contributed by atoms with Crippen molar-refractivity contribution in [3.63, 3.8) is 0 Å². The van der Waals surface area contributed by atoms with E-state index in [0.29, 0.717) is 0 Å². The molecule has 98 valence electrons. The lowest BCUT2D eigenvalue weighted by Crippen LogP contribution is -2.59. The summed E-state index contributed by atoms with van der Waals surface area (Å²) in [5.74, 6) is -0.101. The summed E-state index contributed by atoms with van der Waals surface area (Å²) < 4.78 is 23.0. The lowest BCUT2D eigenvalue weighted by Gasteiger charge is -2.33. The summed E-state index contributed by atoms with van der Waals surface area (Å²) in [5, 5.41) is 20.8. The Kier molecular flexibility index (Phi) is 3.15. The molecule has 2 aliphatic heterocycles. The molecule has 2 amide bonds. The number of nitrogens with one attached hydrogen (secondary N) is 1. The number of sulfone groups is 1. The van der Waals surface area contributed by atoms with E-state index < -0.39 is 9.84 Å². The van der Waals surface area contributed by atoms with E-state index in [1.54, 1.807) is 0 Å². The number of carbonyl (C=O) groups is 1. The predicted molar refractivity (Wildman–Crippen MR) is 58.9 cm³/mol. The highest BCUT2D eigenvalue weighted by molar-refractivity contribution is 7.91. The van der Waals surface area contributed by atoms with Gasteiger partial charge in [-0.2, -0.15) is 0 Å². The quantitative estimate of drug-likeness (QED) is 0.391. The number of aliphatic hydroxyl groups excluding tert-OH is 2. The highest BCUT2D eigenvalue weighted by atomic mass is 32.2. The Morgan fingerprint density at radius 3 is 2.35 bits per heavy atom. The zero-order valence-electron chi connectivity index (χ0n) is 9.37. The Morgan fingerprint density at radius 1 is 1.24 bits per heavy atom. The normalized spacial score (nSPS) is 33.4. The molecular weight excluding hydrogens is 248 g/mol. The van der Waals surface area contributed by atoms with Crippen LogP contribution in [0.2, 0.25) is 0 Å². The van der Waals surface area contributed by atoms with Gasteiger partial charge in [0.2, 0.25) is 0 Å². The van der Waals surface area contributed by atoms with E-state index >= 15 is 0 Å². The van der Waals surface area contributed by atoms with Crippen LogP contribution < -0.4 is 5.32 Å². The minimum absolute atomic E-state index is 0.0414. The summed E-state index contributed by atoms with van der Waals surface area (Å²) >= 11 is 0. The monoisotopic (exact) mass is 265 g/mol. The first-order valence-corrected chi connectivity index (χ1v) is 7.37. The fourth-order valence-corrected chi connectivity index (χ4v) is 4.92. The number of aliphatic hydroxyl groups is 2. The molecule has 2 rings (SSSR count). The highest BCUT2D eigenvalue weighted by Gasteiger charge is 2.60. The van der Waals surface area contributed by atoms with Gasteiger partial charge in [-0.3, -0.25) is 5.32 Å². The molecule has 0 radical (unpaired) electrons. The van der Waals surface area contributed by atoms with Crippen molar-refractivity contribution < 1.29 is 27.9 Å². The Bertz CT molecular complexity index is 415. The lowest BCUT2D eigenvalue weighted by molar-refractivity contribution is -0.864. The third kappa shape index (κ3) is 1.95. The molecule has 0 aromatic rings. The second kappa shape index (κ2) is 4.20. The van der Waals surface area contributed by atoms with E-state index in [9.17, 15) is 13.2 Å². The Morgan fingerprint density at radius 2 is 1.82 bits per heavy atom. The van der Waals surface area contributed by atoms with E-state index in [-0.39, 0.29) is 60.4 Å². The number of rotatable bonds is 4. The molecule has 0 aliphatic carbocycles. The van der Waals surface area contributed by atoms with Crippen molar-refractivity contribution in [2.45, 2.75) is 12.1 Å². The van der Waals surface area contributed by atoms with Crippen LogP contribution in [0.3, 0.4) is 0 Å². The number of hydrogen-bond acceptors (Lipinski definition) is 5.